The van der Waals surface area contributed by atoms with E-state index in [-0.39, 0.29) is 25.4 Å². The van der Waals surface area contributed by atoms with Crippen LogP contribution in [0.3, 0.4) is 0 Å². The number of alkyl halides is 2. The Morgan fingerprint density at radius 2 is 2.12 bits per heavy atom. The summed E-state index contributed by atoms with van der Waals surface area (Å²) in [7, 11) is 0. The first-order chi connectivity index (χ1) is 7.63. The van der Waals surface area contributed by atoms with Crippen molar-refractivity contribution >= 4 is 6.09 Å². The topological polar surface area (TPSA) is 55.6 Å². The minimum atomic E-state index is -2.88. The summed E-state index contributed by atoms with van der Waals surface area (Å²) in [6.45, 7) is 4.91. The molecule has 0 bridgehead atoms. The van der Waals surface area contributed by atoms with E-state index in [0.29, 0.717) is 0 Å². The highest BCUT2D eigenvalue weighted by Crippen LogP contribution is 2.30. The quantitative estimate of drug-likeness (QED) is 0.772. The highest BCUT2D eigenvalue weighted by Gasteiger charge is 2.42. The zero-order chi connectivity index (χ0) is 13.3. The van der Waals surface area contributed by atoms with E-state index < -0.39 is 24.2 Å². The number of halogens is 2. The van der Waals surface area contributed by atoms with E-state index in [2.05, 4.69) is 0 Å². The van der Waals surface area contributed by atoms with E-state index in [0.717, 1.165) is 4.90 Å². The van der Waals surface area contributed by atoms with Gasteiger partial charge in [0.25, 0.3) is 5.92 Å². The fourth-order valence-electron chi connectivity index (χ4n) is 1.83. The Morgan fingerprint density at radius 1 is 1.53 bits per heavy atom. The summed E-state index contributed by atoms with van der Waals surface area (Å²) in [5.74, 6) is -3.24. The minimum Gasteiger partial charge on any atom is -0.444 e. The van der Waals surface area contributed by atoms with Gasteiger partial charge < -0.3 is 15.4 Å². The minimum absolute atomic E-state index is 0.148. The highest BCUT2D eigenvalue weighted by atomic mass is 19.3. The van der Waals surface area contributed by atoms with Crippen LogP contribution >= 0.6 is 0 Å². The normalized spacial score (nSPS) is 24.6. The lowest BCUT2D eigenvalue weighted by Gasteiger charge is -2.37. The number of likely N-dealkylation sites (tertiary alicyclic amines) is 1. The summed E-state index contributed by atoms with van der Waals surface area (Å²) in [6.07, 6.45) is -0.960. The van der Waals surface area contributed by atoms with E-state index in [9.17, 15) is 13.6 Å². The summed E-state index contributed by atoms with van der Waals surface area (Å²) in [6, 6.07) is 0. The Morgan fingerprint density at radius 3 is 2.59 bits per heavy atom. The van der Waals surface area contributed by atoms with Gasteiger partial charge in [0.15, 0.2) is 0 Å². The first-order valence-corrected chi connectivity index (χ1v) is 5.69. The predicted octanol–water partition coefficient (Wildman–Crippen LogP) is 1.84. The number of hydrogen-bond donors (Lipinski definition) is 1. The Balaban J connectivity index is 2.67. The number of carbonyl (C=O) groups excluding carboxylic acids is 1. The van der Waals surface area contributed by atoms with Gasteiger partial charge >= 0.3 is 6.09 Å². The van der Waals surface area contributed by atoms with Crippen molar-refractivity contribution in [1.29, 1.82) is 0 Å². The maximum absolute atomic E-state index is 13.4. The van der Waals surface area contributed by atoms with Crippen LogP contribution in [0, 0.1) is 5.92 Å². The number of piperidine rings is 1. The number of nitrogens with zero attached hydrogens (tertiary/aromatic N) is 1. The number of ether oxygens (including phenoxy) is 1. The first kappa shape index (κ1) is 14.2. The van der Waals surface area contributed by atoms with Crippen LogP contribution < -0.4 is 5.73 Å². The molecule has 1 fully saturated rings. The zero-order valence-corrected chi connectivity index (χ0v) is 10.5. The van der Waals surface area contributed by atoms with Crippen LogP contribution in [0.2, 0.25) is 0 Å². The molecule has 0 spiro atoms. The van der Waals surface area contributed by atoms with Crippen molar-refractivity contribution in [3.8, 4) is 0 Å². The third-order valence-corrected chi connectivity index (χ3v) is 2.47. The van der Waals surface area contributed by atoms with Crippen molar-refractivity contribution in [1.82, 2.24) is 4.90 Å². The van der Waals surface area contributed by atoms with Crippen LogP contribution in [0.4, 0.5) is 13.6 Å². The predicted molar refractivity (Wildman–Crippen MR) is 59.9 cm³/mol. The fourth-order valence-corrected chi connectivity index (χ4v) is 1.83. The van der Waals surface area contributed by atoms with Gasteiger partial charge in [0.1, 0.15) is 5.60 Å². The molecule has 1 atom stereocenters. The molecule has 1 heterocycles. The first-order valence-electron chi connectivity index (χ1n) is 5.69. The Bertz CT molecular complexity index is 290. The summed E-state index contributed by atoms with van der Waals surface area (Å²) >= 11 is 0. The van der Waals surface area contributed by atoms with Crippen molar-refractivity contribution in [2.24, 2.45) is 11.7 Å². The fraction of sp³-hybridized carbons (Fsp3) is 0.909. The van der Waals surface area contributed by atoms with Crippen LogP contribution in [0.1, 0.15) is 27.2 Å². The van der Waals surface area contributed by atoms with Crippen molar-refractivity contribution in [3.63, 3.8) is 0 Å². The van der Waals surface area contributed by atoms with Crippen LogP contribution in [0.5, 0.6) is 0 Å². The number of hydrogen-bond acceptors (Lipinski definition) is 3. The molecule has 1 amide bonds. The number of amides is 1. The van der Waals surface area contributed by atoms with Gasteiger partial charge in [-0.15, -0.1) is 0 Å². The van der Waals surface area contributed by atoms with E-state index in [1.807, 2.05) is 0 Å². The van der Waals surface area contributed by atoms with Gasteiger partial charge in [0.2, 0.25) is 0 Å². The van der Waals surface area contributed by atoms with Gasteiger partial charge in [-0.05, 0) is 33.2 Å². The lowest BCUT2D eigenvalue weighted by Crippen LogP contribution is -2.52. The monoisotopic (exact) mass is 250 g/mol. The molecule has 17 heavy (non-hydrogen) atoms. The molecular formula is C11H20F2N2O2. The van der Waals surface area contributed by atoms with Gasteiger partial charge in [0, 0.05) is 13.0 Å². The SMILES string of the molecule is CC(C)(C)OC(=O)N1C[C@@H](CN)CC(F)(F)C1. The molecule has 0 saturated carbocycles. The molecule has 1 saturated heterocycles. The van der Waals surface area contributed by atoms with Crippen LogP contribution in [-0.4, -0.2) is 42.2 Å². The highest BCUT2D eigenvalue weighted by molar-refractivity contribution is 5.68. The Hall–Kier alpha value is -0.910. The van der Waals surface area contributed by atoms with Crippen LogP contribution in [-0.2, 0) is 4.74 Å². The molecule has 2 N–H and O–H groups in total. The van der Waals surface area contributed by atoms with Gasteiger partial charge in [-0.3, -0.25) is 0 Å². The average molecular weight is 250 g/mol. The number of carbonyl (C=O) groups is 1. The van der Waals surface area contributed by atoms with Crippen molar-refractivity contribution in [2.45, 2.75) is 38.7 Å². The van der Waals surface area contributed by atoms with Crippen LogP contribution in [0.25, 0.3) is 0 Å². The van der Waals surface area contributed by atoms with Crippen molar-refractivity contribution in [2.75, 3.05) is 19.6 Å². The molecule has 100 valence electrons. The Labute approximate surface area is 100 Å². The third-order valence-electron chi connectivity index (χ3n) is 2.47. The Kier molecular flexibility index (Phi) is 3.96. The number of nitrogens with two attached hydrogens (primary N) is 1. The molecule has 0 unspecified atom stereocenters. The molecule has 1 aliphatic rings. The standard InChI is InChI=1S/C11H20F2N2O2/c1-10(2,3)17-9(16)15-6-8(5-14)4-11(12,13)7-15/h8H,4-7,14H2,1-3H3/t8-/m1/s1. The summed E-state index contributed by atoms with van der Waals surface area (Å²) in [4.78, 5) is 12.7. The van der Waals surface area contributed by atoms with E-state index >= 15 is 0 Å². The molecule has 0 aliphatic carbocycles. The second kappa shape index (κ2) is 4.76. The molecule has 0 aromatic heterocycles. The molecular weight excluding hydrogens is 230 g/mol. The maximum atomic E-state index is 13.4. The smallest absolute Gasteiger partial charge is 0.410 e. The van der Waals surface area contributed by atoms with Gasteiger partial charge in [-0.1, -0.05) is 0 Å². The second-order valence-electron chi connectivity index (χ2n) is 5.52. The average Bonchev–Trinajstić information content (AvgIpc) is 2.12. The second-order valence-corrected chi connectivity index (χ2v) is 5.52. The summed E-state index contributed by atoms with van der Waals surface area (Å²) in [5.41, 5.74) is 4.72. The summed E-state index contributed by atoms with van der Waals surface area (Å²) in [5, 5.41) is 0. The van der Waals surface area contributed by atoms with E-state index in [1.165, 1.54) is 0 Å². The molecule has 6 heteroatoms. The number of rotatable bonds is 1. The molecule has 0 aromatic rings. The molecule has 0 radical (unpaired) electrons. The van der Waals surface area contributed by atoms with Gasteiger partial charge in [-0.25, -0.2) is 13.6 Å². The van der Waals surface area contributed by atoms with Crippen molar-refractivity contribution < 1.29 is 18.3 Å². The third kappa shape index (κ3) is 4.46. The lowest BCUT2D eigenvalue weighted by atomic mass is 9.96. The summed E-state index contributed by atoms with van der Waals surface area (Å²) < 4.78 is 31.8. The zero-order valence-electron chi connectivity index (χ0n) is 10.5. The van der Waals surface area contributed by atoms with Crippen molar-refractivity contribution in [3.05, 3.63) is 0 Å². The van der Waals surface area contributed by atoms with Crippen LogP contribution in [0.15, 0.2) is 0 Å². The molecule has 1 aliphatic heterocycles. The van der Waals surface area contributed by atoms with E-state index in [1.54, 1.807) is 20.8 Å². The molecule has 4 nitrogen and oxygen atoms in total. The van der Waals surface area contributed by atoms with Gasteiger partial charge in [-0.2, -0.15) is 0 Å². The van der Waals surface area contributed by atoms with E-state index in [4.69, 9.17) is 10.5 Å². The maximum Gasteiger partial charge on any atom is 0.410 e. The largest absolute Gasteiger partial charge is 0.444 e. The molecule has 1 rings (SSSR count). The van der Waals surface area contributed by atoms with Gasteiger partial charge in [0.05, 0.1) is 6.54 Å². The lowest BCUT2D eigenvalue weighted by molar-refractivity contribution is -0.0851. The molecule has 0 aromatic carbocycles.